The van der Waals surface area contributed by atoms with Crippen LogP contribution < -0.4 is 5.90 Å². The standard InChI is InChI=1S/C2H3F4NO/c3-1(4)2(5,6)8-7/h1H,7H2. The van der Waals surface area contributed by atoms with Gasteiger partial charge in [0, 0.05) is 0 Å². The van der Waals surface area contributed by atoms with Crippen molar-refractivity contribution in [2.75, 3.05) is 0 Å². The second kappa shape index (κ2) is 2.27. The van der Waals surface area contributed by atoms with E-state index >= 15 is 0 Å². The largest absolute Gasteiger partial charge is 0.431 e. The lowest BCUT2D eigenvalue weighted by atomic mass is 10.7. The predicted molar refractivity (Wildman–Crippen MR) is 16.2 cm³/mol. The van der Waals surface area contributed by atoms with Crippen LogP contribution in [0.1, 0.15) is 0 Å². The first-order valence-electron chi connectivity index (χ1n) is 1.54. The molecule has 0 saturated carbocycles. The van der Waals surface area contributed by atoms with Gasteiger partial charge in [0.05, 0.1) is 0 Å². The number of rotatable bonds is 2. The molecule has 50 valence electrons. The highest BCUT2D eigenvalue weighted by Gasteiger charge is 2.41. The third-order valence-corrected chi connectivity index (χ3v) is 0.411. The van der Waals surface area contributed by atoms with Crippen LogP contribution in [0.25, 0.3) is 0 Å². The molecule has 2 N–H and O–H groups in total. The molecule has 0 unspecified atom stereocenters. The van der Waals surface area contributed by atoms with Crippen molar-refractivity contribution in [3.05, 3.63) is 0 Å². The van der Waals surface area contributed by atoms with Crippen molar-refractivity contribution >= 4 is 0 Å². The van der Waals surface area contributed by atoms with E-state index in [1.165, 1.54) is 0 Å². The van der Waals surface area contributed by atoms with E-state index < -0.39 is 12.5 Å². The molecule has 0 aliphatic heterocycles. The molecule has 6 heteroatoms. The summed E-state index contributed by atoms with van der Waals surface area (Å²) in [5, 5.41) is 0. The van der Waals surface area contributed by atoms with Crippen molar-refractivity contribution in [1.29, 1.82) is 0 Å². The van der Waals surface area contributed by atoms with Crippen molar-refractivity contribution in [2.45, 2.75) is 12.5 Å². The molecule has 0 spiro atoms. The van der Waals surface area contributed by atoms with Gasteiger partial charge in [0.2, 0.25) is 0 Å². The zero-order chi connectivity index (χ0) is 6.78. The number of alkyl halides is 4. The van der Waals surface area contributed by atoms with Gasteiger partial charge in [0.25, 0.3) is 0 Å². The van der Waals surface area contributed by atoms with Gasteiger partial charge in [0.1, 0.15) is 0 Å². The Morgan fingerprint density at radius 2 is 1.75 bits per heavy atom. The molecule has 0 rings (SSSR count). The molecule has 0 atom stereocenters. The highest BCUT2D eigenvalue weighted by molar-refractivity contribution is 4.50. The van der Waals surface area contributed by atoms with Crippen molar-refractivity contribution in [3.63, 3.8) is 0 Å². The van der Waals surface area contributed by atoms with Crippen LogP contribution in [0.5, 0.6) is 0 Å². The topological polar surface area (TPSA) is 35.2 Å². The number of halogens is 4. The first-order valence-corrected chi connectivity index (χ1v) is 1.54. The van der Waals surface area contributed by atoms with Gasteiger partial charge in [-0.1, -0.05) is 0 Å². The molecule has 0 aliphatic rings. The van der Waals surface area contributed by atoms with Crippen LogP contribution in [0.4, 0.5) is 17.6 Å². The van der Waals surface area contributed by atoms with Crippen LogP contribution in [-0.2, 0) is 4.84 Å². The maximum atomic E-state index is 11.2. The summed E-state index contributed by atoms with van der Waals surface area (Å²) in [5.74, 6) is 3.78. The average molecular weight is 133 g/mol. The third kappa shape index (κ3) is 1.63. The summed E-state index contributed by atoms with van der Waals surface area (Å²) in [6.07, 6.45) is -8.38. The summed E-state index contributed by atoms with van der Waals surface area (Å²) in [6.45, 7) is 0. The molecule has 8 heavy (non-hydrogen) atoms. The summed E-state index contributed by atoms with van der Waals surface area (Å²) >= 11 is 0. The molecule has 2 nitrogen and oxygen atoms in total. The second-order valence-corrected chi connectivity index (χ2v) is 0.980. The molecule has 0 bridgehead atoms. The van der Waals surface area contributed by atoms with Crippen LogP contribution in [0.3, 0.4) is 0 Å². The van der Waals surface area contributed by atoms with Gasteiger partial charge in [-0.05, 0) is 0 Å². The van der Waals surface area contributed by atoms with Gasteiger partial charge in [-0.15, -0.1) is 0 Å². The van der Waals surface area contributed by atoms with Crippen molar-refractivity contribution < 1.29 is 22.4 Å². The van der Waals surface area contributed by atoms with Crippen LogP contribution in [0.15, 0.2) is 0 Å². The van der Waals surface area contributed by atoms with Gasteiger partial charge in [-0.3, -0.25) is 0 Å². The van der Waals surface area contributed by atoms with E-state index in [1.807, 2.05) is 0 Å². The fourth-order valence-electron chi connectivity index (χ4n) is 0.0514. The Balaban J connectivity index is 3.71. The normalized spacial score (nSPS) is 12.8. The Morgan fingerprint density at radius 3 is 1.75 bits per heavy atom. The summed E-state index contributed by atoms with van der Waals surface area (Å²) in [6, 6.07) is 0. The zero-order valence-corrected chi connectivity index (χ0v) is 3.57. The van der Waals surface area contributed by atoms with Gasteiger partial charge >= 0.3 is 12.5 Å². The van der Waals surface area contributed by atoms with Crippen molar-refractivity contribution in [1.82, 2.24) is 0 Å². The summed E-state index contributed by atoms with van der Waals surface area (Å²) in [5.41, 5.74) is 0. The average Bonchev–Trinajstić information content (AvgIpc) is 1.67. The second-order valence-electron chi connectivity index (χ2n) is 0.980. The minimum absolute atomic E-state index is 2.62. The van der Waals surface area contributed by atoms with Crippen molar-refractivity contribution in [2.24, 2.45) is 5.90 Å². The predicted octanol–water partition coefficient (Wildman–Crippen LogP) is 0.735. The first-order chi connectivity index (χ1) is 3.50. The van der Waals surface area contributed by atoms with Crippen LogP contribution in [-0.4, -0.2) is 12.5 Å². The minimum Gasteiger partial charge on any atom is -0.231 e. The quantitative estimate of drug-likeness (QED) is 0.445. The Labute approximate surface area is 42.2 Å². The van der Waals surface area contributed by atoms with Gasteiger partial charge in [0.15, 0.2) is 0 Å². The molecule has 0 aromatic heterocycles. The van der Waals surface area contributed by atoms with Crippen LogP contribution in [0.2, 0.25) is 0 Å². The maximum Gasteiger partial charge on any atom is 0.431 e. The Morgan fingerprint density at radius 1 is 1.38 bits per heavy atom. The van der Waals surface area contributed by atoms with E-state index in [-0.39, 0.29) is 0 Å². The van der Waals surface area contributed by atoms with E-state index in [0.29, 0.717) is 0 Å². The van der Waals surface area contributed by atoms with Crippen LogP contribution >= 0.6 is 0 Å². The van der Waals surface area contributed by atoms with Gasteiger partial charge in [-0.25, -0.2) is 19.5 Å². The molecular weight excluding hydrogens is 130 g/mol. The van der Waals surface area contributed by atoms with E-state index in [2.05, 4.69) is 10.7 Å². The third-order valence-electron chi connectivity index (χ3n) is 0.411. The molecule has 0 heterocycles. The Kier molecular flexibility index (Phi) is 2.17. The molecular formula is C2H3F4NO. The number of hydrogen-bond acceptors (Lipinski definition) is 2. The zero-order valence-electron chi connectivity index (χ0n) is 3.57. The highest BCUT2D eigenvalue weighted by Crippen LogP contribution is 2.21. The highest BCUT2D eigenvalue weighted by atomic mass is 19.3. The molecule has 0 aromatic carbocycles. The Bertz CT molecular complexity index is 74.4. The lowest BCUT2D eigenvalue weighted by Crippen LogP contribution is -2.32. The van der Waals surface area contributed by atoms with E-state index in [1.54, 1.807) is 0 Å². The molecule has 0 fully saturated rings. The van der Waals surface area contributed by atoms with E-state index in [9.17, 15) is 17.6 Å². The maximum absolute atomic E-state index is 11.2. The summed E-state index contributed by atoms with van der Waals surface area (Å²) in [7, 11) is 0. The number of hydrogen-bond donors (Lipinski definition) is 1. The fraction of sp³-hybridized carbons (Fsp3) is 1.00. The van der Waals surface area contributed by atoms with Crippen molar-refractivity contribution in [3.8, 4) is 0 Å². The lowest BCUT2D eigenvalue weighted by molar-refractivity contribution is -0.303. The van der Waals surface area contributed by atoms with Crippen LogP contribution in [0, 0.1) is 0 Å². The van der Waals surface area contributed by atoms with E-state index in [4.69, 9.17) is 0 Å². The fourth-order valence-corrected chi connectivity index (χ4v) is 0.0514. The Hall–Kier alpha value is -0.360. The lowest BCUT2D eigenvalue weighted by Gasteiger charge is -2.09. The molecule has 0 saturated heterocycles. The number of nitrogens with two attached hydrogens (primary N) is 1. The van der Waals surface area contributed by atoms with Gasteiger partial charge < -0.3 is 0 Å². The van der Waals surface area contributed by atoms with E-state index in [0.717, 1.165) is 0 Å². The molecule has 0 aromatic rings. The summed E-state index contributed by atoms with van der Waals surface area (Å²) < 4.78 is 44.1. The molecule has 0 aliphatic carbocycles. The molecule has 0 amide bonds. The first kappa shape index (κ1) is 7.64. The SMILES string of the molecule is NOC(F)(F)C(F)F. The smallest absolute Gasteiger partial charge is 0.231 e. The minimum atomic E-state index is -4.51. The molecule has 0 radical (unpaired) electrons. The van der Waals surface area contributed by atoms with Gasteiger partial charge in [-0.2, -0.15) is 8.78 Å². The monoisotopic (exact) mass is 133 g/mol. The summed E-state index contributed by atoms with van der Waals surface area (Å²) in [4.78, 5) is 2.62.